The summed E-state index contributed by atoms with van der Waals surface area (Å²) in [6.45, 7) is 4.08. The molecule has 0 fully saturated rings. The van der Waals surface area contributed by atoms with E-state index in [1.807, 2.05) is 13.8 Å². The highest BCUT2D eigenvalue weighted by Crippen LogP contribution is 2.13. The van der Waals surface area contributed by atoms with Gasteiger partial charge in [-0.05, 0) is 32.0 Å². The Labute approximate surface area is 123 Å². The number of benzene rings is 1. The number of nitrogens with zero attached hydrogens (tertiary/aromatic N) is 1. The van der Waals surface area contributed by atoms with Crippen LogP contribution in [0.25, 0.3) is 0 Å². The van der Waals surface area contributed by atoms with Crippen molar-refractivity contribution >= 4 is 11.7 Å². The summed E-state index contributed by atoms with van der Waals surface area (Å²) in [5.74, 6) is -0.0856. The van der Waals surface area contributed by atoms with E-state index in [0.717, 1.165) is 0 Å². The fourth-order valence-electron chi connectivity index (χ4n) is 1.89. The van der Waals surface area contributed by atoms with E-state index in [2.05, 4.69) is 15.6 Å². The zero-order valence-corrected chi connectivity index (χ0v) is 12.1. The zero-order chi connectivity index (χ0) is 15.2. The highest BCUT2D eigenvalue weighted by atomic mass is 19.1. The third kappa shape index (κ3) is 4.02. The van der Waals surface area contributed by atoms with Crippen LogP contribution in [0.1, 0.15) is 29.8 Å². The first-order valence-electron chi connectivity index (χ1n) is 6.81. The number of carbonyl (C=O) groups is 1. The van der Waals surface area contributed by atoms with E-state index < -0.39 is 0 Å². The van der Waals surface area contributed by atoms with Crippen molar-refractivity contribution in [1.82, 2.24) is 10.3 Å². The largest absolute Gasteiger partial charge is 0.367 e. The van der Waals surface area contributed by atoms with Crippen LogP contribution in [0.3, 0.4) is 0 Å². The molecule has 2 aromatic rings. The van der Waals surface area contributed by atoms with Crippen LogP contribution in [0.4, 0.5) is 10.2 Å². The summed E-state index contributed by atoms with van der Waals surface area (Å²) in [5.41, 5.74) is 0.899. The van der Waals surface area contributed by atoms with Gasteiger partial charge in [0.1, 0.15) is 11.6 Å². The van der Waals surface area contributed by atoms with Crippen molar-refractivity contribution in [2.24, 2.45) is 0 Å². The molecule has 110 valence electrons. The van der Waals surface area contributed by atoms with Crippen LogP contribution < -0.4 is 10.6 Å². The summed E-state index contributed by atoms with van der Waals surface area (Å²) in [5, 5.41) is 5.83. The van der Waals surface area contributed by atoms with Gasteiger partial charge in [-0.15, -0.1) is 0 Å². The molecule has 1 aromatic heterocycles. The Bertz CT molecular complexity index is 628. The minimum absolute atomic E-state index is 0.140. The van der Waals surface area contributed by atoms with E-state index in [9.17, 15) is 9.18 Å². The quantitative estimate of drug-likeness (QED) is 0.889. The molecular weight excluding hydrogens is 269 g/mol. The molecule has 21 heavy (non-hydrogen) atoms. The molecule has 4 nitrogen and oxygen atoms in total. The molecule has 1 amide bonds. The second-order valence-electron chi connectivity index (χ2n) is 4.97. The summed E-state index contributed by atoms with van der Waals surface area (Å²) < 4.78 is 13.5. The van der Waals surface area contributed by atoms with Crippen LogP contribution in [-0.4, -0.2) is 16.9 Å². The lowest BCUT2D eigenvalue weighted by Gasteiger charge is -2.13. The molecule has 0 spiro atoms. The number of anilines is 1. The number of amides is 1. The summed E-state index contributed by atoms with van der Waals surface area (Å²) >= 11 is 0. The molecular formula is C16H18FN3O. The zero-order valence-electron chi connectivity index (χ0n) is 12.1. The molecule has 1 aromatic carbocycles. The molecule has 2 N–H and O–H groups in total. The van der Waals surface area contributed by atoms with Crippen LogP contribution >= 0.6 is 0 Å². The Kier molecular flexibility index (Phi) is 4.87. The number of halogens is 1. The van der Waals surface area contributed by atoms with Crippen molar-refractivity contribution in [1.29, 1.82) is 0 Å². The van der Waals surface area contributed by atoms with Gasteiger partial charge in [0, 0.05) is 24.3 Å². The molecule has 5 heteroatoms. The van der Waals surface area contributed by atoms with Gasteiger partial charge in [0.15, 0.2) is 0 Å². The van der Waals surface area contributed by atoms with Crippen molar-refractivity contribution in [2.45, 2.75) is 26.4 Å². The highest BCUT2D eigenvalue weighted by molar-refractivity contribution is 5.98. The average molecular weight is 287 g/mol. The number of aromatic nitrogens is 1. The molecule has 0 unspecified atom stereocenters. The van der Waals surface area contributed by atoms with E-state index in [0.29, 0.717) is 16.9 Å². The van der Waals surface area contributed by atoms with Crippen molar-refractivity contribution in [3.8, 4) is 0 Å². The first-order valence-corrected chi connectivity index (χ1v) is 6.81. The number of hydrogen-bond donors (Lipinski definition) is 2. The molecule has 0 radical (unpaired) electrons. The second-order valence-corrected chi connectivity index (χ2v) is 4.97. The Balaban J connectivity index is 2.09. The standard InChI is InChI=1S/C16H18FN3O/c1-11(2)20-15-13(7-5-9-18-15)16(21)19-10-12-6-3-4-8-14(12)17/h3-9,11H,10H2,1-2H3,(H,18,20)(H,19,21). The number of nitrogens with one attached hydrogen (secondary N) is 2. The van der Waals surface area contributed by atoms with Gasteiger partial charge in [0.2, 0.25) is 0 Å². The molecule has 2 rings (SSSR count). The molecule has 0 atom stereocenters. The van der Waals surface area contributed by atoms with Gasteiger partial charge >= 0.3 is 0 Å². The lowest BCUT2D eigenvalue weighted by Crippen LogP contribution is -2.25. The summed E-state index contributed by atoms with van der Waals surface area (Å²) in [4.78, 5) is 16.4. The molecule has 0 bridgehead atoms. The van der Waals surface area contributed by atoms with E-state index in [-0.39, 0.29) is 24.3 Å². The first-order chi connectivity index (χ1) is 10.1. The van der Waals surface area contributed by atoms with Crippen molar-refractivity contribution in [3.63, 3.8) is 0 Å². The van der Waals surface area contributed by atoms with Crippen LogP contribution in [0.2, 0.25) is 0 Å². The number of carbonyl (C=O) groups excluding carboxylic acids is 1. The van der Waals surface area contributed by atoms with Gasteiger partial charge in [-0.25, -0.2) is 9.37 Å². The molecule has 0 aliphatic heterocycles. The van der Waals surface area contributed by atoms with Gasteiger partial charge < -0.3 is 10.6 Å². The van der Waals surface area contributed by atoms with Gasteiger partial charge in [-0.2, -0.15) is 0 Å². The van der Waals surface area contributed by atoms with Crippen molar-refractivity contribution in [3.05, 3.63) is 59.5 Å². The van der Waals surface area contributed by atoms with Crippen LogP contribution in [0.5, 0.6) is 0 Å². The third-order valence-electron chi connectivity index (χ3n) is 2.87. The normalized spacial score (nSPS) is 10.5. The van der Waals surface area contributed by atoms with E-state index in [1.165, 1.54) is 6.07 Å². The first kappa shape index (κ1) is 15.0. The van der Waals surface area contributed by atoms with E-state index >= 15 is 0 Å². The summed E-state index contributed by atoms with van der Waals surface area (Å²) in [6.07, 6.45) is 1.62. The van der Waals surface area contributed by atoms with Crippen LogP contribution in [0.15, 0.2) is 42.6 Å². The monoisotopic (exact) mass is 287 g/mol. The van der Waals surface area contributed by atoms with Gasteiger partial charge in [-0.3, -0.25) is 4.79 Å². The number of pyridine rings is 1. The molecule has 0 saturated heterocycles. The Morgan fingerprint density at radius 2 is 2.00 bits per heavy atom. The number of rotatable bonds is 5. The third-order valence-corrected chi connectivity index (χ3v) is 2.87. The smallest absolute Gasteiger partial charge is 0.255 e. The Hall–Kier alpha value is -2.43. The van der Waals surface area contributed by atoms with Gasteiger partial charge in [0.25, 0.3) is 5.91 Å². The minimum Gasteiger partial charge on any atom is -0.367 e. The molecule has 0 saturated carbocycles. The minimum atomic E-state index is -0.329. The lowest BCUT2D eigenvalue weighted by atomic mass is 10.2. The summed E-state index contributed by atoms with van der Waals surface area (Å²) in [7, 11) is 0. The maximum absolute atomic E-state index is 13.5. The van der Waals surface area contributed by atoms with E-state index in [1.54, 1.807) is 36.5 Å². The lowest BCUT2D eigenvalue weighted by molar-refractivity contribution is 0.0951. The summed E-state index contributed by atoms with van der Waals surface area (Å²) in [6, 6.07) is 9.92. The predicted octanol–water partition coefficient (Wildman–Crippen LogP) is 2.97. The van der Waals surface area contributed by atoms with Crippen molar-refractivity contribution in [2.75, 3.05) is 5.32 Å². The predicted molar refractivity (Wildman–Crippen MR) is 80.6 cm³/mol. The maximum atomic E-state index is 13.5. The van der Waals surface area contributed by atoms with Crippen molar-refractivity contribution < 1.29 is 9.18 Å². The average Bonchev–Trinajstić information content (AvgIpc) is 2.46. The maximum Gasteiger partial charge on any atom is 0.255 e. The SMILES string of the molecule is CC(C)Nc1ncccc1C(=O)NCc1ccccc1F. The Morgan fingerprint density at radius 1 is 1.24 bits per heavy atom. The second kappa shape index (κ2) is 6.83. The molecule has 0 aliphatic carbocycles. The van der Waals surface area contributed by atoms with Crippen LogP contribution in [-0.2, 0) is 6.54 Å². The highest BCUT2D eigenvalue weighted by Gasteiger charge is 2.13. The van der Waals surface area contributed by atoms with E-state index in [4.69, 9.17) is 0 Å². The fourth-order valence-corrected chi connectivity index (χ4v) is 1.89. The Morgan fingerprint density at radius 3 is 2.71 bits per heavy atom. The van der Waals surface area contributed by atoms with Gasteiger partial charge in [-0.1, -0.05) is 18.2 Å². The fraction of sp³-hybridized carbons (Fsp3) is 0.250. The van der Waals surface area contributed by atoms with Gasteiger partial charge in [0.05, 0.1) is 5.56 Å². The topological polar surface area (TPSA) is 54.0 Å². The molecule has 1 heterocycles. The van der Waals surface area contributed by atoms with Crippen LogP contribution in [0, 0.1) is 5.82 Å². The number of hydrogen-bond acceptors (Lipinski definition) is 3. The molecule has 0 aliphatic rings.